The molecule has 1 spiro atoms. The highest BCUT2D eigenvalue weighted by Crippen LogP contribution is 2.57. The van der Waals surface area contributed by atoms with Crippen molar-refractivity contribution >= 4 is 40.0 Å². The van der Waals surface area contributed by atoms with Crippen molar-refractivity contribution in [3.63, 3.8) is 0 Å². The molecule has 0 unspecified atom stereocenters. The molecule has 0 radical (unpaired) electrons. The number of carbonyl (C=O) groups is 2. The minimum Gasteiger partial charge on any atom is -0.495 e. The number of methoxy groups -OCH3 is 1. The fourth-order valence-corrected chi connectivity index (χ4v) is 6.97. The van der Waals surface area contributed by atoms with Crippen LogP contribution >= 0.6 is 11.6 Å². The molecule has 8 nitrogen and oxygen atoms in total. The SMILES string of the molecule is COc1ccc(Cl)cc1N1C(=O)[C@H]2[C@H](C(C)C)N[C@]3(c4ccccc4-n4c3nc3ccccc3c4=O)[C@H]2C1=O. The van der Waals surface area contributed by atoms with E-state index in [0.717, 1.165) is 5.56 Å². The van der Waals surface area contributed by atoms with Gasteiger partial charge in [0.15, 0.2) is 0 Å². The molecule has 4 atom stereocenters. The van der Waals surface area contributed by atoms with Gasteiger partial charge in [-0.1, -0.05) is 55.8 Å². The number of aromatic nitrogens is 2. The van der Waals surface area contributed by atoms with E-state index in [9.17, 15) is 14.4 Å². The maximum absolute atomic E-state index is 14.5. The van der Waals surface area contributed by atoms with Gasteiger partial charge in [-0.3, -0.25) is 24.3 Å². The zero-order valence-corrected chi connectivity index (χ0v) is 22.3. The van der Waals surface area contributed by atoms with E-state index < -0.39 is 17.4 Å². The van der Waals surface area contributed by atoms with E-state index in [1.54, 1.807) is 34.9 Å². The first kappa shape index (κ1) is 24.1. The second kappa shape index (κ2) is 8.24. The summed E-state index contributed by atoms with van der Waals surface area (Å²) in [4.78, 5) is 48.8. The minimum absolute atomic E-state index is 0.00298. The van der Waals surface area contributed by atoms with Gasteiger partial charge in [-0.25, -0.2) is 9.88 Å². The normalized spacial score (nSPS) is 25.1. The molecule has 1 aromatic heterocycles. The first-order valence-corrected chi connectivity index (χ1v) is 13.3. The number of rotatable bonds is 3. The lowest BCUT2D eigenvalue weighted by molar-refractivity contribution is -0.123. The van der Waals surface area contributed by atoms with Crippen molar-refractivity contribution in [2.75, 3.05) is 12.0 Å². The van der Waals surface area contributed by atoms with Crippen LogP contribution in [0.5, 0.6) is 5.75 Å². The number of nitrogens with one attached hydrogen (secondary N) is 1. The highest BCUT2D eigenvalue weighted by atomic mass is 35.5. The van der Waals surface area contributed by atoms with E-state index in [1.807, 2.05) is 50.2 Å². The standard InChI is InChI=1S/C30H25ClN4O4/c1-15(2)25-23-24(28(38)34(27(23)37)21-14-16(31)12-13-22(21)39-3)30(33-25)18-9-5-7-11-20(18)35-26(36)17-8-4-6-10-19(17)32-29(30)35/h4-15,23-25,33H,1-3H3/t23-,24-,25+,30-/m1/s1. The van der Waals surface area contributed by atoms with Gasteiger partial charge < -0.3 is 4.74 Å². The second-order valence-electron chi connectivity index (χ2n) is 10.7. The molecule has 3 aliphatic rings. The van der Waals surface area contributed by atoms with E-state index in [0.29, 0.717) is 38.9 Å². The second-order valence-corrected chi connectivity index (χ2v) is 11.1. The van der Waals surface area contributed by atoms with Crippen LogP contribution in [0.15, 0.2) is 71.5 Å². The van der Waals surface area contributed by atoms with Gasteiger partial charge in [0.1, 0.15) is 17.1 Å². The maximum atomic E-state index is 14.5. The third-order valence-corrected chi connectivity index (χ3v) is 8.63. The Morgan fingerprint density at radius 1 is 0.974 bits per heavy atom. The van der Waals surface area contributed by atoms with Crippen LogP contribution in [-0.2, 0) is 15.1 Å². The number of anilines is 1. The predicted octanol–water partition coefficient (Wildman–Crippen LogP) is 4.04. The Labute approximate surface area is 229 Å². The Morgan fingerprint density at radius 3 is 2.49 bits per heavy atom. The molecule has 4 heterocycles. The number of carbonyl (C=O) groups excluding carboxylic acids is 2. The lowest BCUT2D eigenvalue weighted by Crippen LogP contribution is -2.51. The highest BCUT2D eigenvalue weighted by molar-refractivity contribution is 6.31. The minimum atomic E-state index is -1.19. The summed E-state index contributed by atoms with van der Waals surface area (Å²) in [5, 5.41) is 4.57. The molecule has 2 amide bonds. The third-order valence-electron chi connectivity index (χ3n) is 8.40. The van der Waals surface area contributed by atoms with E-state index in [1.165, 1.54) is 12.0 Å². The smallest absolute Gasteiger partial charge is 0.266 e. The molecule has 2 saturated heterocycles. The zero-order chi connectivity index (χ0) is 27.2. The Bertz CT molecular complexity index is 1780. The molecule has 3 aliphatic heterocycles. The van der Waals surface area contributed by atoms with Gasteiger partial charge >= 0.3 is 0 Å². The molecule has 0 saturated carbocycles. The zero-order valence-electron chi connectivity index (χ0n) is 21.5. The van der Waals surface area contributed by atoms with Crippen LogP contribution in [0, 0.1) is 17.8 Å². The van der Waals surface area contributed by atoms with E-state index in [2.05, 4.69) is 5.32 Å². The Morgan fingerprint density at radius 2 is 1.72 bits per heavy atom. The van der Waals surface area contributed by atoms with Crippen LogP contribution in [0.25, 0.3) is 16.6 Å². The van der Waals surface area contributed by atoms with Gasteiger partial charge in [0.25, 0.3) is 5.56 Å². The highest BCUT2D eigenvalue weighted by Gasteiger charge is 2.70. The molecule has 1 N–H and O–H groups in total. The van der Waals surface area contributed by atoms with Crippen LogP contribution in [0.2, 0.25) is 5.02 Å². The number of nitrogens with zero attached hydrogens (tertiary/aromatic N) is 3. The number of imide groups is 1. The van der Waals surface area contributed by atoms with Crippen LogP contribution < -0.4 is 20.5 Å². The summed E-state index contributed by atoms with van der Waals surface area (Å²) < 4.78 is 7.12. The summed E-state index contributed by atoms with van der Waals surface area (Å²) in [6, 6.07) is 19.2. The maximum Gasteiger partial charge on any atom is 0.266 e. The van der Waals surface area contributed by atoms with Crippen molar-refractivity contribution in [1.82, 2.24) is 14.9 Å². The van der Waals surface area contributed by atoms with Gasteiger partial charge in [0.2, 0.25) is 11.8 Å². The van der Waals surface area contributed by atoms with Gasteiger partial charge in [-0.15, -0.1) is 0 Å². The summed E-state index contributed by atoms with van der Waals surface area (Å²) in [5.74, 6) is -1.45. The van der Waals surface area contributed by atoms with Crippen LogP contribution in [0.4, 0.5) is 5.69 Å². The Kier molecular flexibility index (Phi) is 5.09. The fraction of sp³-hybridized carbons (Fsp3) is 0.267. The van der Waals surface area contributed by atoms with Crippen molar-refractivity contribution in [3.8, 4) is 11.4 Å². The number of halogens is 1. The van der Waals surface area contributed by atoms with Crippen molar-refractivity contribution in [3.05, 3.63) is 93.5 Å². The monoisotopic (exact) mass is 540 g/mol. The van der Waals surface area contributed by atoms with Crippen LogP contribution in [0.1, 0.15) is 25.2 Å². The molecule has 4 aromatic rings. The van der Waals surface area contributed by atoms with E-state index in [4.69, 9.17) is 21.3 Å². The lowest BCUT2D eigenvalue weighted by atomic mass is 9.75. The van der Waals surface area contributed by atoms with Crippen molar-refractivity contribution in [2.24, 2.45) is 17.8 Å². The van der Waals surface area contributed by atoms with Gasteiger partial charge in [0, 0.05) is 16.6 Å². The van der Waals surface area contributed by atoms with Crippen molar-refractivity contribution in [1.29, 1.82) is 0 Å². The van der Waals surface area contributed by atoms with Crippen molar-refractivity contribution in [2.45, 2.75) is 25.4 Å². The number of benzene rings is 3. The summed E-state index contributed by atoms with van der Waals surface area (Å²) >= 11 is 6.31. The molecule has 39 heavy (non-hydrogen) atoms. The predicted molar refractivity (Wildman–Crippen MR) is 147 cm³/mol. The molecule has 7 rings (SSSR count). The van der Waals surface area contributed by atoms with Crippen LogP contribution in [-0.4, -0.2) is 34.5 Å². The van der Waals surface area contributed by atoms with E-state index in [-0.39, 0.29) is 29.3 Å². The molecule has 2 fully saturated rings. The molecule has 0 bridgehead atoms. The largest absolute Gasteiger partial charge is 0.495 e. The van der Waals surface area contributed by atoms with E-state index >= 15 is 0 Å². The van der Waals surface area contributed by atoms with Gasteiger partial charge in [-0.2, -0.15) is 0 Å². The number of para-hydroxylation sites is 2. The summed E-state index contributed by atoms with van der Waals surface area (Å²) in [6.45, 7) is 4.05. The van der Waals surface area contributed by atoms with Crippen molar-refractivity contribution < 1.29 is 14.3 Å². The lowest BCUT2D eigenvalue weighted by Gasteiger charge is -2.32. The Hall–Kier alpha value is -4.01. The number of hydrogen-bond donors (Lipinski definition) is 1. The molecule has 196 valence electrons. The number of hydrogen-bond acceptors (Lipinski definition) is 6. The average Bonchev–Trinajstić information content (AvgIpc) is 3.52. The molecule has 3 aromatic carbocycles. The first-order chi connectivity index (χ1) is 18.8. The quantitative estimate of drug-likeness (QED) is 0.394. The van der Waals surface area contributed by atoms with Gasteiger partial charge in [0.05, 0.1) is 41.2 Å². The number of fused-ring (bicyclic) bond motifs is 8. The summed E-state index contributed by atoms with van der Waals surface area (Å²) in [5.41, 5.74) is 0.859. The third kappa shape index (κ3) is 2.98. The molecular weight excluding hydrogens is 516 g/mol. The summed E-state index contributed by atoms with van der Waals surface area (Å²) in [7, 11) is 1.49. The summed E-state index contributed by atoms with van der Waals surface area (Å²) in [6.07, 6.45) is 0. The van der Waals surface area contributed by atoms with Crippen LogP contribution in [0.3, 0.4) is 0 Å². The number of amides is 2. The molecule has 9 heteroatoms. The molecular formula is C30H25ClN4O4. The first-order valence-electron chi connectivity index (χ1n) is 12.9. The topological polar surface area (TPSA) is 93.5 Å². The van der Waals surface area contributed by atoms with Gasteiger partial charge in [-0.05, 0) is 42.3 Å². The Balaban J connectivity index is 1.53. The molecule has 0 aliphatic carbocycles. The fourth-order valence-electron chi connectivity index (χ4n) is 6.80. The average molecular weight is 541 g/mol. The number of ether oxygens (including phenoxy) is 1.